The highest BCUT2D eigenvalue weighted by molar-refractivity contribution is 7.99. The number of alkyl halides is 1. The van der Waals surface area contributed by atoms with Crippen LogP contribution in [-0.2, 0) is 20.9 Å². The van der Waals surface area contributed by atoms with Gasteiger partial charge >= 0.3 is 0 Å². The van der Waals surface area contributed by atoms with Gasteiger partial charge in [0.15, 0.2) is 5.67 Å². The molecule has 2 heterocycles. The fourth-order valence-corrected chi connectivity index (χ4v) is 8.12. The van der Waals surface area contributed by atoms with Gasteiger partial charge in [0.25, 0.3) is 5.91 Å². The first kappa shape index (κ1) is 41.6. The molecule has 1 aliphatic carbocycles. The molecular weight excluding hydrogens is 728 g/mol. The van der Waals surface area contributed by atoms with E-state index in [1.807, 2.05) is 48.8 Å². The molecule has 5 N–H and O–H groups in total. The molecule has 14 heteroatoms. The minimum atomic E-state index is -1.95. The Morgan fingerprint density at radius 2 is 1.93 bits per heavy atom. The van der Waals surface area contributed by atoms with Crippen LogP contribution < -0.4 is 21.1 Å². The number of halogens is 1. The van der Waals surface area contributed by atoms with Gasteiger partial charge in [-0.1, -0.05) is 51.1 Å². The number of rotatable bonds is 18. The summed E-state index contributed by atoms with van der Waals surface area (Å²) in [6, 6.07) is 14.2. The number of carbonyl (C=O) groups excluding carboxylic acids is 3. The van der Waals surface area contributed by atoms with E-state index in [9.17, 15) is 23.9 Å². The second kappa shape index (κ2) is 18.4. The smallest absolute Gasteiger partial charge is 0.258 e. The molecule has 2 aromatic carbocycles. The van der Waals surface area contributed by atoms with Crippen molar-refractivity contribution in [2.45, 2.75) is 101 Å². The number of thiazole rings is 1. The Hall–Kier alpha value is -3.56. The highest BCUT2D eigenvalue weighted by Gasteiger charge is 2.53. The number of aromatic nitrogens is 1. The van der Waals surface area contributed by atoms with Gasteiger partial charge in [-0.15, -0.1) is 23.1 Å². The summed E-state index contributed by atoms with van der Waals surface area (Å²) in [6.45, 7) is 9.51. The number of hydrogen-bond acceptors (Lipinski definition) is 10. The first-order valence-corrected chi connectivity index (χ1v) is 20.6. The van der Waals surface area contributed by atoms with Crippen molar-refractivity contribution in [2.75, 3.05) is 39.0 Å². The van der Waals surface area contributed by atoms with Crippen molar-refractivity contribution in [2.24, 2.45) is 11.1 Å². The number of ether oxygens (including phenoxy) is 1. The molecule has 1 saturated heterocycles. The zero-order valence-corrected chi connectivity index (χ0v) is 33.6. The Morgan fingerprint density at radius 3 is 2.59 bits per heavy atom. The molecule has 0 radical (unpaired) electrons. The molecule has 0 bridgehead atoms. The van der Waals surface area contributed by atoms with Crippen molar-refractivity contribution < 1.29 is 28.6 Å². The first-order chi connectivity index (χ1) is 25.6. The normalized spacial score (nSPS) is 19.0. The third kappa shape index (κ3) is 11.2. The van der Waals surface area contributed by atoms with Crippen LogP contribution in [0.5, 0.6) is 5.75 Å². The van der Waals surface area contributed by atoms with E-state index < -0.39 is 47.0 Å². The van der Waals surface area contributed by atoms with E-state index in [0.29, 0.717) is 12.4 Å². The standard InChI is InChI=1S/C40H55FN6O5S2/c1-26-34(54-25-44-26)27-12-13-28(33(20-27)52-19-9-17-46(5)18-14-29(42)24-53-31-10-7-6-8-11-31)22-43-36(49)32-21-30(48)23-47(32)37(50)35(39(2,3)4)45-38(51)40(41)15-16-40/h6-8,10-13,20,25,29-30,32,35,48H,9,14-19,21-24,42H2,1-5H3,(H,43,49)(H,45,51)/t29?,30-,32+,35-/m1/s1. The van der Waals surface area contributed by atoms with Crippen molar-refractivity contribution >= 4 is 40.8 Å². The Kier molecular flexibility index (Phi) is 14.2. The Labute approximate surface area is 326 Å². The van der Waals surface area contributed by atoms with Crippen LogP contribution in [0.1, 0.15) is 64.1 Å². The zero-order chi connectivity index (χ0) is 39.0. The van der Waals surface area contributed by atoms with Crippen molar-refractivity contribution in [3.63, 3.8) is 0 Å². The van der Waals surface area contributed by atoms with Crippen LogP contribution in [0.4, 0.5) is 4.39 Å². The lowest BCUT2D eigenvalue weighted by molar-refractivity contribution is -0.145. The fourth-order valence-electron chi connectivity index (χ4n) is 6.39. The number of nitrogens with two attached hydrogens (primary N) is 1. The van der Waals surface area contributed by atoms with Gasteiger partial charge in [-0.2, -0.15) is 0 Å². The lowest BCUT2D eigenvalue weighted by Crippen LogP contribution is -2.59. The van der Waals surface area contributed by atoms with Crippen LogP contribution in [0.2, 0.25) is 0 Å². The summed E-state index contributed by atoms with van der Waals surface area (Å²) in [6.07, 6.45) is 1.05. The van der Waals surface area contributed by atoms with Crippen LogP contribution in [0.15, 0.2) is 58.9 Å². The second-order valence-electron chi connectivity index (χ2n) is 15.6. The van der Waals surface area contributed by atoms with Gasteiger partial charge in [0.05, 0.1) is 28.8 Å². The molecule has 3 amide bonds. The summed E-state index contributed by atoms with van der Waals surface area (Å²) in [7, 11) is 2.08. The highest BCUT2D eigenvalue weighted by atomic mass is 32.2. The quantitative estimate of drug-likeness (QED) is 0.104. The van der Waals surface area contributed by atoms with Crippen LogP contribution in [0.3, 0.4) is 0 Å². The van der Waals surface area contributed by atoms with Crippen LogP contribution in [-0.4, -0.2) is 107 Å². The average Bonchev–Trinajstić information content (AvgIpc) is 3.55. The highest BCUT2D eigenvalue weighted by Crippen LogP contribution is 2.40. The van der Waals surface area contributed by atoms with Crippen molar-refractivity contribution in [3.05, 3.63) is 65.3 Å². The van der Waals surface area contributed by atoms with E-state index in [2.05, 4.69) is 39.7 Å². The number of aryl methyl sites for hydroxylation is 1. The predicted octanol–water partition coefficient (Wildman–Crippen LogP) is 4.94. The number of amides is 3. The maximum atomic E-state index is 14.6. The number of nitrogens with one attached hydrogen (secondary N) is 2. The predicted molar refractivity (Wildman–Crippen MR) is 212 cm³/mol. The molecule has 2 fully saturated rings. The molecule has 2 aliphatic rings. The van der Waals surface area contributed by atoms with Gasteiger partial charge in [0.1, 0.15) is 17.8 Å². The van der Waals surface area contributed by atoms with E-state index in [1.165, 1.54) is 9.80 Å². The summed E-state index contributed by atoms with van der Waals surface area (Å²) >= 11 is 3.32. The maximum absolute atomic E-state index is 14.6. The van der Waals surface area contributed by atoms with E-state index in [-0.39, 0.29) is 38.4 Å². The number of aliphatic hydroxyl groups is 1. The minimum absolute atomic E-state index is 0.0483. The Morgan fingerprint density at radius 1 is 1.19 bits per heavy atom. The van der Waals surface area contributed by atoms with Crippen LogP contribution in [0, 0.1) is 12.3 Å². The molecule has 5 rings (SSSR count). The van der Waals surface area contributed by atoms with Crippen LogP contribution >= 0.6 is 23.1 Å². The molecule has 54 heavy (non-hydrogen) atoms. The largest absolute Gasteiger partial charge is 0.493 e. The van der Waals surface area contributed by atoms with Gasteiger partial charge in [0, 0.05) is 48.3 Å². The number of nitrogens with zero attached hydrogens (tertiary/aromatic N) is 3. The van der Waals surface area contributed by atoms with Crippen molar-refractivity contribution in [1.29, 1.82) is 0 Å². The lowest BCUT2D eigenvalue weighted by atomic mass is 9.85. The third-order valence-electron chi connectivity index (χ3n) is 9.91. The van der Waals surface area contributed by atoms with Gasteiger partial charge < -0.3 is 36.0 Å². The SMILES string of the molecule is Cc1ncsc1-c1ccc(CNC(=O)[C@@H]2C[C@@H](O)CN2C(=O)[C@@H](NC(=O)C2(F)CC2)C(C)(C)C)c(OCCCN(C)CCC(N)CSc2ccccc2)c1. The molecule has 3 aromatic rings. The topological polar surface area (TPSA) is 150 Å². The number of aliphatic hydroxyl groups excluding tert-OH is 1. The molecular formula is C40H55FN6O5S2. The third-order valence-corrected chi connectivity index (χ3v) is 12.1. The number of benzene rings is 2. The number of hydrogen-bond donors (Lipinski definition) is 4. The molecule has 1 unspecified atom stereocenters. The molecule has 294 valence electrons. The number of β-amino-alcohol motifs (C(OH)–C–C–N with tert-alkyl or cyclic N) is 1. The van der Waals surface area contributed by atoms with E-state index in [1.54, 1.807) is 43.9 Å². The summed E-state index contributed by atoms with van der Waals surface area (Å²) in [5.74, 6) is -0.271. The van der Waals surface area contributed by atoms with Gasteiger partial charge in [0.2, 0.25) is 11.8 Å². The maximum Gasteiger partial charge on any atom is 0.258 e. The summed E-state index contributed by atoms with van der Waals surface area (Å²) < 4.78 is 20.9. The number of thioether (sulfide) groups is 1. The second-order valence-corrected chi connectivity index (χ2v) is 17.6. The first-order valence-electron chi connectivity index (χ1n) is 18.7. The molecule has 1 aliphatic heterocycles. The molecule has 1 aromatic heterocycles. The fraction of sp³-hybridized carbons (Fsp3) is 0.550. The molecule has 11 nitrogen and oxygen atoms in total. The Bertz CT molecular complexity index is 1730. The number of carbonyl (C=O) groups is 3. The summed E-state index contributed by atoms with van der Waals surface area (Å²) in [4.78, 5) is 50.4. The summed E-state index contributed by atoms with van der Waals surface area (Å²) in [5, 5.41) is 16.1. The van der Waals surface area contributed by atoms with Crippen molar-refractivity contribution in [3.8, 4) is 16.2 Å². The van der Waals surface area contributed by atoms with E-state index >= 15 is 0 Å². The van der Waals surface area contributed by atoms with Gasteiger partial charge in [-0.3, -0.25) is 14.4 Å². The van der Waals surface area contributed by atoms with E-state index in [0.717, 1.165) is 53.4 Å². The van der Waals surface area contributed by atoms with Gasteiger partial charge in [-0.25, -0.2) is 9.37 Å². The molecule has 1 saturated carbocycles. The number of likely N-dealkylation sites (tertiary alicyclic amines) is 1. The molecule has 0 spiro atoms. The van der Waals surface area contributed by atoms with Crippen molar-refractivity contribution in [1.82, 2.24) is 25.4 Å². The summed E-state index contributed by atoms with van der Waals surface area (Å²) in [5.41, 5.74) is 8.14. The minimum Gasteiger partial charge on any atom is -0.493 e. The monoisotopic (exact) mass is 782 g/mol. The van der Waals surface area contributed by atoms with Crippen LogP contribution in [0.25, 0.3) is 10.4 Å². The Balaban J connectivity index is 1.18. The van der Waals surface area contributed by atoms with E-state index in [4.69, 9.17) is 10.5 Å². The lowest BCUT2D eigenvalue weighted by Gasteiger charge is -2.35. The molecule has 4 atom stereocenters. The zero-order valence-electron chi connectivity index (χ0n) is 32.0. The average molecular weight is 783 g/mol. The van der Waals surface area contributed by atoms with Gasteiger partial charge in [-0.05, 0) is 75.4 Å².